The summed E-state index contributed by atoms with van der Waals surface area (Å²) in [5.41, 5.74) is 1.52. The Bertz CT molecular complexity index is 1040. The number of benzene rings is 2. The minimum Gasteiger partial charge on any atom is -0.497 e. The van der Waals surface area contributed by atoms with E-state index in [4.69, 9.17) is 14.0 Å². The summed E-state index contributed by atoms with van der Waals surface area (Å²) in [7, 11) is 1.58. The average Bonchev–Trinajstić information content (AvgIpc) is 3.34. The summed E-state index contributed by atoms with van der Waals surface area (Å²) in [6.45, 7) is 1.94. The highest BCUT2D eigenvalue weighted by atomic mass is 16.5. The van der Waals surface area contributed by atoms with Gasteiger partial charge in [0.25, 0.3) is 5.91 Å². The number of nitrogens with zero attached hydrogens (tertiary/aromatic N) is 2. The second-order valence-corrected chi connectivity index (χ2v) is 7.06. The van der Waals surface area contributed by atoms with Crippen LogP contribution in [0, 0.1) is 0 Å². The zero-order valence-electron chi connectivity index (χ0n) is 17.1. The molecule has 8 nitrogen and oxygen atoms in total. The van der Waals surface area contributed by atoms with Crippen LogP contribution in [0.15, 0.2) is 65.2 Å². The van der Waals surface area contributed by atoms with Gasteiger partial charge in [0.05, 0.1) is 20.3 Å². The molecule has 0 radical (unpaired) electrons. The van der Waals surface area contributed by atoms with Gasteiger partial charge in [0, 0.05) is 24.7 Å². The van der Waals surface area contributed by atoms with E-state index in [-0.39, 0.29) is 11.6 Å². The standard InChI is InChI=1S/C23H23N3O5/c1-29-18-9-5-8-17(14-18)20-15-19(25-31-20)22(27)24-21(16-6-3-2-4-7-16)23(28)26-10-12-30-13-11-26/h2-9,14-15,21H,10-13H2,1H3,(H,24,27)/t21-/m1/s1. The van der Waals surface area contributed by atoms with E-state index in [1.807, 2.05) is 48.5 Å². The molecule has 1 N–H and O–H groups in total. The van der Waals surface area contributed by atoms with Gasteiger partial charge in [0.1, 0.15) is 11.8 Å². The third kappa shape index (κ3) is 4.75. The smallest absolute Gasteiger partial charge is 0.274 e. The Morgan fingerprint density at radius 3 is 2.58 bits per heavy atom. The van der Waals surface area contributed by atoms with Crippen molar-refractivity contribution in [1.82, 2.24) is 15.4 Å². The van der Waals surface area contributed by atoms with Crippen molar-refractivity contribution in [3.63, 3.8) is 0 Å². The molecule has 8 heteroatoms. The first-order chi connectivity index (χ1) is 15.2. The lowest BCUT2D eigenvalue weighted by molar-refractivity contribution is -0.137. The second kappa shape index (κ2) is 9.44. The Balaban J connectivity index is 1.55. The molecule has 0 unspecified atom stereocenters. The molecule has 3 aromatic rings. The fourth-order valence-electron chi connectivity index (χ4n) is 3.40. The van der Waals surface area contributed by atoms with Gasteiger partial charge in [-0.05, 0) is 17.7 Å². The molecule has 0 bridgehead atoms. The lowest BCUT2D eigenvalue weighted by Crippen LogP contribution is -2.47. The molecular weight excluding hydrogens is 398 g/mol. The maximum Gasteiger partial charge on any atom is 0.274 e. The Hall–Kier alpha value is -3.65. The highest BCUT2D eigenvalue weighted by molar-refractivity contribution is 5.97. The summed E-state index contributed by atoms with van der Waals surface area (Å²) in [5.74, 6) is 0.424. The van der Waals surface area contributed by atoms with Crippen LogP contribution in [0.4, 0.5) is 0 Å². The third-order valence-corrected chi connectivity index (χ3v) is 5.08. The summed E-state index contributed by atoms with van der Waals surface area (Å²) in [5, 5.41) is 6.71. The first-order valence-corrected chi connectivity index (χ1v) is 9.99. The van der Waals surface area contributed by atoms with Crippen molar-refractivity contribution in [3.8, 4) is 17.1 Å². The summed E-state index contributed by atoms with van der Waals surface area (Å²) < 4.78 is 15.9. The quantitative estimate of drug-likeness (QED) is 0.658. The summed E-state index contributed by atoms with van der Waals surface area (Å²) in [4.78, 5) is 27.8. The molecule has 2 amide bonds. The molecule has 1 aromatic heterocycles. The number of amides is 2. The molecule has 160 valence electrons. The molecule has 1 atom stereocenters. The highest BCUT2D eigenvalue weighted by Crippen LogP contribution is 2.25. The molecule has 1 saturated heterocycles. The molecule has 4 rings (SSSR count). The summed E-state index contributed by atoms with van der Waals surface area (Å²) in [6, 6.07) is 17.1. The SMILES string of the molecule is COc1cccc(-c2cc(C(=O)N[C@@H](C(=O)N3CCOCC3)c3ccccc3)no2)c1. The number of morpholine rings is 1. The Morgan fingerprint density at radius 2 is 1.84 bits per heavy atom. The van der Waals surface area contributed by atoms with Crippen LogP contribution in [0.3, 0.4) is 0 Å². The van der Waals surface area contributed by atoms with Crippen LogP contribution in [0.2, 0.25) is 0 Å². The highest BCUT2D eigenvalue weighted by Gasteiger charge is 2.29. The predicted molar refractivity (Wildman–Crippen MR) is 113 cm³/mol. The van der Waals surface area contributed by atoms with E-state index < -0.39 is 11.9 Å². The van der Waals surface area contributed by atoms with E-state index in [0.717, 1.165) is 5.56 Å². The van der Waals surface area contributed by atoms with Gasteiger partial charge in [-0.25, -0.2) is 0 Å². The Labute approximate surface area is 179 Å². The molecule has 1 aliphatic heterocycles. The number of nitrogens with one attached hydrogen (secondary N) is 1. The molecule has 0 aliphatic carbocycles. The number of ether oxygens (including phenoxy) is 2. The zero-order chi connectivity index (χ0) is 21.6. The zero-order valence-corrected chi connectivity index (χ0v) is 17.1. The molecule has 31 heavy (non-hydrogen) atoms. The molecule has 0 spiro atoms. The monoisotopic (exact) mass is 421 g/mol. The largest absolute Gasteiger partial charge is 0.497 e. The van der Waals surface area contributed by atoms with Crippen LogP contribution in [0.25, 0.3) is 11.3 Å². The van der Waals surface area contributed by atoms with E-state index in [9.17, 15) is 9.59 Å². The number of carbonyl (C=O) groups excluding carboxylic acids is 2. The van der Waals surface area contributed by atoms with Crippen molar-refractivity contribution in [1.29, 1.82) is 0 Å². The Morgan fingerprint density at radius 1 is 1.06 bits per heavy atom. The number of methoxy groups -OCH3 is 1. The second-order valence-electron chi connectivity index (χ2n) is 7.06. The van der Waals surface area contributed by atoms with Gasteiger partial charge < -0.3 is 24.2 Å². The fourth-order valence-corrected chi connectivity index (χ4v) is 3.40. The fraction of sp³-hybridized carbons (Fsp3) is 0.261. The third-order valence-electron chi connectivity index (χ3n) is 5.08. The maximum atomic E-state index is 13.2. The molecule has 1 aliphatic rings. The van der Waals surface area contributed by atoms with E-state index in [1.165, 1.54) is 0 Å². The van der Waals surface area contributed by atoms with Crippen LogP contribution in [-0.4, -0.2) is 55.3 Å². The van der Waals surface area contributed by atoms with Crippen molar-refractivity contribution >= 4 is 11.8 Å². The molecule has 2 heterocycles. The Kier molecular flexibility index (Phi) is 6.28. The summed E-state index contributed by atoms with van der Waals surface area (Å²) >= 11 is 0. The normalized spacial score (nSPS) is 14.7. The minimum absolute atomic E-state index is 0.0912. The van der Waals surface area contributed by atoms with Crippen molar-refractivity contribution in [2.45, 2.75) is 6.04 Å². The molecular formula is C23H23N3O5. The van der Waals surface area contributed by atoms with Gasteiger partial charge in [0.2, 0.25) is 5.91 Å². The molecule has 2 aromatic carbocycles. The van der Waals surface area contributed by atoms with Gasteiger partial charge in [-0.2, -0.15) is 0 Å². The van der Waals surface area contributed by atoms with Crippen LogP contribution < -0.4 is 10.1 Å². The maximum absolute atomic E-state index is 13.2. The van der Waals surface area contributed by atoms with Gasteiger partial charge in [-0.3, -0.25) is 9.59 Å². The molecule has 0 saturated carbocycles. The number of hydrogen-bond acceptors (Lipinski definition) is 6. The van der Waals surface area contributed by atoms with E-state index >= 15 is 0 Å². The number of carbonyl (C=O) groups is 2. The van der Waals surface area contributed by atoms with Crippen LogP contribution in [-0.2, 0) is 9.53 Å². The summed E-state index contributed by atoms with van der Waals surface area (Å²) in [6.07, 6.45) is 0. The van der Waals surface area contributed by atoms with E-state index in [1.54, 1.807) is 24.1 Å². The minimum atomic E-state index is -0.830. The van der Waals surface area contributed by atoms with E-state index in [2.05, 4.69) is 10.5 Å². The van der Waals surface area contributed by atoms with Crippen molar-refractivity contribution in [2.24, 2.45) is 0 Å². The first-order valence-electron chi connectivity index (χ1n) is 9.99. The molecule has 1 fully saturated rings. The lowest BCUT2D eigenvalue weighted by atomic mass is 10.0. The van der Waals surface area contributed by atoms with Crippen molar-refractivity contribution in [3.05, 3.63) is 71.9 Å². The van der Waals surface area contributed by atoms with Gasteiger partial charge in [-0.1, -0.05) is 47.6 Å². The van der Waals surface area contributed by atoms with Crippen molar-refractivity contribution in [2.75, 3.05) is 33.4 Å². The topological polar surface area (TPSA) is 93.9 Å². The van der Waals surface area contributed by atoms with Gasteiger partial charge in [0.15, 0.2) is 11.5 Å². The first kappa shape index (κ1) is 20.6. The number of rotatable bonds is 6. The van der Waals surface area contributed by atoms with Crippen LogP contribution in [0.5, 0.6) is 5.75 Å². The average molecular weight is 421 g/mol. The van der Waals surface area contributed by atoms with Crippen LogP contribution >= 0.6 is 0 Å². The van der Waals surface area contributed by atoms with Gasteiger partial charge >= 0.3 is 0 Å². The van der Waals surface area contributed by atoms with Crippen molar-refractivity contribution < 1.29 is 23.6 Å². The van der Waals surface area contributed by atoms with E-state index in [0.29, 0.717) is 43.4 Å². The number of hydrogen-bond donors (Lipinski definition) is 1. The van der Waals surface area contributed by atoms with Gasteiger partial charge in [-0.15, -0.1) is 0 Å². The predicted octanol–water partition coefficient (Wildman–Crippen LogP) is 2.68. The van der Waals surface area contributed by atoms with Crippen LogP contribution in [0.1, 0.15) is 22.1 Å². The number of aromatic nitrogens is 1. The lowest BCUT2D eigenvalue weighted by Gasteiger charge is -2.30.